The van der Waals surface area contributed by atoms with Crippen LogP contribution in [0.2, 0.25) is 0 Å². The second-order valence-electron chi connectivity index (χ2n) is 5.29. The highest BCUT2D eigenvalue weighted by molar-refractivity contribution is 6.39. The van der Waals surface area contributed by atoms with Gasteiger partial charge in [0, 0.05) is 17.7 Å². The summed E-state index contributed by atoms with van der Waals surface area (Å²) in [5, 5.41) is 22.7. The minimum Gasteiger partial charge on any atom is -0.507 e. The van der Waals surface area contributed by atoms with Crippen LogP contribution < -0.4 is 10.2 Å². The Morgan fingerprint density at radius 2 is 1.81 bits per heavy atom. The maximum atomic E-state index is 12.7. The van der Waals surface area contributed by atoms with Crippen LogP contribution >= 0.6 is 0 Å². The summed E-state index contributed by atoms with van der Waals surface area (Å²) in [5.41, 5.74) is -0.555. The zero-order valence-electron chi connectivity index (χ0n) is 13.1. The second kappa shape index (κ2) is 6.48. The van der Waals surface area contributed by atoms with Gasteiger partial charge < -0.3 is 5.11 Å². The van der Waals surface area contributed by atoms with E-state index in [1.807, 2.05) is 5.32 Å². The van der Waals surface area contributed by atoms with Gasteiger partial charge in [-0.2, -0.15) is 0 Å². The van der Waals surface area contributed by atoms with Gasteiger partial charge in [-0.1, -0.05) is 24.3 Å². The molecular weight excluding hydrogens is 342 g/mol. The first kappa shape index (κ1) is 16.8. The molecule has 9 nitrogen and oxygen atoms in total. The standard InChI is InChI=1S/C17H11N3O6/c21-14-7-2-1-4-10(14)8-13-15(22)18-17(24)19(16(13)23)11-5-3-6-12(9-11)20(25)26/h1-9,21H,(H,18,22,24)/b13-8+. The van der Waals surface area contributed by atoms with Gasteiger partial charge in [-0.25, -0.2) is 9.69 Å². The largest absolute Gasteiger partial charge is 0.507 e. The first-order valence-electron chi connectivity index (χ1n) is 7.32. The van der Waals surface area contributed by atoms with E-state index in [1.54, 1.807) is 12.1 Å². The van der Waals surface area contributed by atoms with Crippen molar-refractivity contribution >= 4 is 35.3 Å². The molecule has 1 saturated heterocycles. The number of aromatic hydroxyl groups is 1. The van der Waals surface area contributed by atoms with E-state index >= 15 is 0 Å². The Bertz CT molecular complexity index is 982. The number of hydrogen-bond acceptors (Lipinski definition) is 6. The average Bonchev–Trinajstić information content (AvgIpc) is 2.60. The summed E-state index contributed by atoms with van der Waals surface area (Å²) in [7, 11) is 0. The molecule has 9 heteroatoms. The van der Waals surface area contributed by atoms with E-state index in [2.05, 4.69) is 0 Å². The van der Waals surface area contributed by atoms with Gasteiger partial charge in [0.25, 0.3) is 17.5 Å². The zero-order valence-corrected chi connectivity index (χ0v) is 13.1. The third-order valence-corrected chi connectivity index (χ3v) is 3.64. The van der Waals surface area contributed by atoms with E-state index in [-0.39, 0.29) is 22.7 Å². The number of nitro benzene ring substituents is 1. The molecule has 4 amide bonds. The molecule has 130 valence electrons. The number of carbonyl (C=O) groups is 3. The van der Waals surface area contributed by atoms with Gasteiger partial charge in [-0.15, -0.1) is 0 Å². The minimum atomic E-state index is -1.02. The second-order valence-corrected chi connectivity index (χ2v) is 5.29. The van der Waals surface area contributed by atoms with Crippen molar-refractivity contribution < 1.29 is 24.4 Å². The molecule has 0 unspecified atom stereocenters. The predicted octanol–water partition coefficient (Wildman–Crippen LogP) is 1.97. The number of nitrogens with one attached hydrogen (secondary N) is 1. The molecule has 2 aromatic carbocycles. The molecule has 2 N–H and O–H groups in total. The Morgan fingerprint density at radius 1 is 1.08 bits per heavy atom. The molecule has 0 spiro atoms. The molecule has 0 saturated carbocycles. The number of barbiturate groups is 1. The number of benzene rings is 2. The monoisotopic (exact) mass is 353 g/mol. The topological polar surface area (TPSA) is 130 Å². The maximum Gasteiger partial charge on any atom is 0.335 e. The molecule has 1 fully saturated rings. The third kappa shape index (κ3) is 3.00. The number of carbonyl (C=O) groups excluding carboxylic acids is 3. The number of phenolic OH excluding ortho intramolecular Hbond substituents is 1. The van der Waals surface area contributed by atoms with Crippen molar-refractivity contribution in [2.24, 2.45) is 0 Å². The van der Waals surface area contributed by atoms with Gasteiger partial charge >= 0.3 is 6.03 Å². The van der Waals surface area contributed by atoms with Crippen LogP contribution in [0.5, 0.6) is 5.75 Å². The fraction of sp³-hybridized carbons (Fsp3) is 0. The molecular formula is C17H11N3O6. The molecule has 0 atom stereocenters. The maximum absolute atomic E-state index is 12.7. The van der Waals surface area contributed by atoms with Gasteiger partial charge in [0.15, 0.2) is 0 Å². The Hall–Kier alpha value is -4.01. The molecule has 1 aliphatic heterocycles. The number of imide groups is 2. The van der Waals surface area contributed by atoms with E-state index in [9.17, 15) is 29.6 Å². The van der Waals surface area contributed by atoms with Crippen LogP contribution in [0.25, 0.3) is 6.08 Å². The first-order chi connectivity index (χ1) is 12.4. The summed E-state index contributed by atoms with van der Waals surface area (Å²) in [4.78, 5) is 47.7. The first-order valence-corrected chi connectivity index (χ1v) is 7.32. The summed E-state index contributed by atoms with van der Waals surface area (Å²) in [6, 6.07) is 9.91. The van der Waals surface area contributed by atoms with Crippen LogP contribution in [-0.2, 0) is 9.59 Å². The summed E-state index contributed by atoms with van der Waals surface area (Å²) in [5.74, 6) is -2.04. The Kier molecular flexibility index (Phi) is 4.19. The fourth-order valence-electron chi connectivity index (χ4n) is 2.40. The van der Waals surface area contributed by atoms with Gasteiger partial charge in [0.05, 0.1) is 10.6 Å². The Morgan fingerprint density at radius 3 is 2.50 bits per heavy atom. The number of rotatable bonds is 3. The highest BCUT2D eigenvalue weighted by Crippen LogP contribution is 2.26. The van der Waals surface area contributed by atoms with Crippen molar-refractivity contribution in [1.29, 1.82) is 0 Å². The molecule has 0 radical (unpaired) electrons. The summed E-state index contributed by atoms with van der Waals surface area (Å²) >= 11 is 0. The van der Waals surface area contributed by atoms with Gasteiger partial charge in [-0.3, -0.25) is 25.0 Å². The van der Waals surface area contributed by atoms with Crippen molar-refractivity contribution in [2.45, 2.75) is 0 Å². The molecule has 1 heterocycles. The molecule has 1 aliphatic rings. The fourth-order valence-corrected chi connectivity index (χ4v) is 2.40. The number of phenols is 1. The SMILES string of the molecule is O=C1NC(=O)N(c2cccc([N+](=O)[O-])c2)C(=O)/C1=C/c1ccccc1O. The van der Waals surface area contributed by atoms with Crippen molar-refractivity contribution in [2.75, 3.05) is 4.90 Å². The van der Waals surface area contributed by atoms with Gasteiger partial charge in [0.1, 0.15) is 11.3 Å². The molecule has 26 heavy (non-hydrogen) atoms. The van der Waals surface area contributed by atoms with Crippen molar-refractivity contribution in [3.8, 4) is 5.75 Å². The lowest BCUT2D eigenvalue weighted by molar-refractivity contribution is -0.384. The lowest BCUT2D eigenvalue weighted by Crippen LogP contribution is -2.54. The van der Waals surface area contributed by atoms with Crippen molar-refractivity contribution in [3.63, 3.8) is 0 Å². The number of urea groups is 1. The highest BCUT2D eigenvalue weighted by Gasteiger charge is 2.37. The third-order valence-electron chi connectivity index (χ3n) is 3.64. The average molecular weight is 353 g/mol. The van der Waals surface area contributed by atoms with Crippen LogP contribution in [0, 0.1) is 10.1 Å². The predicted molar refractivity (Wildman–Crippen MR) is 90.2 cm³/mol. The number of nitro groups is 1. The van der Waals surface area contributed by atoms with E-state index in [0.717, 1.165) is 12.1 Å². The van der Waals surface area contributed by atoms with E-state index in [0.29, 0.717) is 4.90 Å². The van der Waals surface area contributed by atoms with Crippen LogP contribution in [-0.4, -0.2) is 27.9 Å². The summed E-state index contributed by atoms with van der Waals surface area (Å²) in [6.45, 7) is 0. The van der Waals surface area contributed by atoms with Crippen LogP contribution in [0.4, 0.5) is 16.2 Å². The summed E-state index contributed by atoms with van der Waals surface area (Å²) in [6.07, 6.45) is 1.14. The van der Waals surface area contributed by atoms with Crippen molar-refractivity contribution in [1.82, 2.24) is 5.32 Å². The smallest absolute Gasteiger partial charge is 0.335 e. The zero-order chi connectivity index (χ0) is 18.8. The number of amides is 4. The lowest BCUT2D eigenvalue weighted by Gasteiger charge is -2.26. The number of anilines is 1. The number of non-ortho nitro benzene ring substituents is 1. The number of para-hydroxylation sites is 1. The Balaban J connectivity index is 2.05. The molecule has 0 aromatic heterocycles. The van der Waals surface area contributed by atoms with Gasteiger partial charge in [-0.05, 0) is 18.2 Å². The number of nitrogens with zero attached hydrogens (tertiary/aromatic N) is 2. The van der Waals surface area contributed by atoms with E-state index < -0.39 is 28.3 Å². The van der Waals surface area contributed by atoms with E-state index in [1.165, 1.54) is 30.3 Å². The molecule has 3 rings (SSSR count). The minimum absolute atomic E-state index is 0.0580. The van der Waals surface area contributed by atoms with Crippen LogP contribution in [0.15, 0.2) is 54.1 Å². The Labute approximate surface area is 146 Å². The van der Waals surface area contributed by atoms with E-state index in [4.69, 9.17) is 0 Å². The van der Waals surface area contributed by atoms with Crippen LogP contribution in [0.3, 0.4) is 0 Å². The molecule has 0 bridgehead atoms. The highest BCUT2D eigenvalue weighted by atomic mass is 16.6. The van der Waals surface area contributed by atoms with Crippen LogP contribution in [0.1, 0.15) is 5.56 Å². The molecule has 2 aromatic rings. The normalized spacial score (nSPS) is 15.9. The quantitative estimate of drug-likeness (QED) is 0.375. The summed E-state index contributed by atoms with van der Waals surface area (Å²) < 4.78 is 0. The van der Waals surface area contributed by atoms with Gasteiger partial charge in [0.2, 0.25) is 0 Å². The number of hydrogen-bond donors (Lipinski definition) is 2. The lowest BCUT2D eigenvalue weighted by atomic mass is 10.1. The molecule has 0 aliphatic carbocycles. The van der Waals surface area contributed by atoms with Crippen molar-refractivity contribution in [3.05, 3.63) is 69.8 Å².